The lowest BCUT2D eigenvalue weighted by Gasteiger charge is -2.04. The minimum Gasteiger partial charge on any atom is -0.322 e. The van der Waals surface area contributed by atoms with Crippen LogP contribution in [0, 0.1) is 5.82 Å². The SMILES string of the molecule is CCNCc1ccc(-c2ccc(F)cc2)[nH]c1=O. The van der Waals surface area contributed by atoms with E-state index >= 15 is 0 Å². The van der Waals surface area contributed by atoms with Crippen LogP contribution in [0.3, 0.4) is 0 Å². The van der Waals surface area contributed by atoms with Gasteiger partial charge in [0.05, 0.1) is 0 Å². The van der Waals surface area contributed by atoms with E-state index in [4.69, 9.17) is 0 Å². The summed E-state index contributed by atoms with van der Waals surface area (Å²) in [6, 6.07) is 9.66. The molecule has 1 aromatic heterocycles. The van der Waals surface area contributed by atoms with E-state index in [0.717, 1.165) is 12.1 Å². The van der Waals surface area contributed by atoms with Crippen molar-refractivity contribution in [1.82, 2.24) is 10.3 Å². The van der Waals surface area contributed by atoms with Crippen molar-refractivity contribution in [2.75, 3.05) is 6.54 Å². The van der Waals surface area contributed by atoms with Crippen LogP contribution < -0.4 is 10.9 Å². The van der Waals surface area contributed by atoms with Crippen LogP contribution in [0.4, 0.5) is 4.39 Å². The molecule has 1 heterocycles. The van der Waals surface area contributed by atoms with Gasteiger partial charge >= 0.3 is 0 Å². The molecule has 0 fully saturated rings. The Balaban J connectivity index is 2.28. The van der Waals surface area contributed by atoms with Crippen LogP contribution in [0.5, 0.6) is 0 Å². The Bertz CT molecular complexity index is 575. The monoisotopic (exact) mass is 246 g/mol. The summed E-state index contributed by atoms with van der Waals surface area (Å²) in [4.78, 5) is 14.6. The molecule has 2 rings (SSSR count). The smallest absolute Gasteiger partial charge is 0.252 e. The van der Waals surface area contributed by atoms with Crippen molar-refractivity contribution in [3.8, 4) is 11.3 Å². The van der Waals surface area contributed by atoms with Crippen molar-refractivity contribution in [3.63, 3.8) is 0 Å². The van der Waals surface area contributed by atoms with E-state index in [2.05, 4.69) is 10.3 Å². The largest absolute Gasteiger partial charge is 0.322 e. The molecule has 94 valence electrons. The van der Waals surface area contributed by atoms with Gasteiger partial charge in [0.1, 0.15) is 5.82 Å². The van der Waals surface area contributed by atoms with E-state index in [-0.39, 0.29) is 11.4 Å². The van der Waals surface area contributed by atoms with Gasteiger partial charge in [0.25, 0.3) is 5.56 Å². The van der Waals surface area contributed by atoms with Gasteiger partial charge < -0.3 is 10.3 Å². The zero-order valence-electron chi connectivity index (χ0n) is 10.2. The van der Waals surface area contributed by atoms with Gasteiger partial charge in [0, 0.05) is 17.8 Å². The van der Waals surface area contributed by atoms with Gasteiger partial charge in [-0.2, -0.15) is 0 Å². The van der Waals surface area contributed by atoms with E-state index in [9.17, 15) is 9.18 Å². The third-order valence-electron chi connectivity index (χ3n) is 2.71. The maximum Gasteiger partial charge on any atom is 0.252 e. The van der Waals surface area contributed by atoms with Crippen molar-refractivity contribution in [3.05, 3.63) is 58.1 Å². The average molecular weight is 246 g/mol. The molecule has 4 heteroatoms. The van der Waals surface area contributed by atoms with Crippen molar-refractivity contribution in [2.45, 2.75) is 13.5 Å². The first-order valence-corrected chi connectivity index (χ1v) is 5.89. The molecule has 0 aliphatic rings. The molecule has 1 aromatic carbocycles. The Labute approximate surface area is 105 Å². The van der Waals surface area contributed by atoms with Crippen LogP contribution in [0.25, 0.3) is 11.3 Å². The zero-order valence-corrected chi connectivity index (χ0v) is 10.2. The fraction of sp³-hybridized carbons (Fsp3) is 0.214. The molecule has 0 atom stereocenters. The van der Waals surface area contributed by atoms with Crippen molar-refractivity contribution in [2.24, 2.45) is 0 Å². The van der Waals surface area contributed by atoms with Gasteiger partial charge in [-0.25, -0.2) is 4.39 Å². The number of aromatic nitrogens is 1. The normalized spacial score (nSPS) is 10.6. The summed E-state index contributed by atoms with van der Waals surface area (Å²) in [5.74, 6) is -0.287. The van der Waals surface area contributed by atoms with Gasteiger partial charge in [-0.3, -0.25) is 4.79 Å². The fourth-order valence-electron chi connectivity index (χ4n) is 1.70. The highest BCUT2D eigenvalue weighted by molar-refractivity contribution is 5.58. The Morgan fingerprint density at radius 1 is 1.17 bits per heavy atom. The number of pyridine rings is 1. The summed E-state index contributed by atoms with van der Waals surface area (Å²) in [7, 11) is 0. The van der Waals surface area contributed by atoms with Crippen molar-refractivity contribution >= 4 is 0 Å². The summed E-state index contributed by atoms with van der Waals surface area (Å²) < 4.78 is 12.8. The number of rotatable bonds is 4. The number of hydrogen-bond acceptors (Lipinski definition) is 2. The van der Waals surface area contributed by atoms with E-state index in [1.165, 1.54) is 12.1 Å². The third kappa shape index (κ3) is 2.84. The maximum atomic E-state index is 12.8. The summed E-state index contributed by atoms with van der Waals surface area (Å²) in [5, 5.41) is 3.10. The first-order valence-electron chi connectivity index (χ1n) is 5.89. The Morgan fingerprint density at radius 2 is 1.89 bits per heavy atom. The topological polar surface area (TPSA) is 44.9 Å². The molecule has 18 heavy (non-hydrogen) atoms. The summed E-state index contributed by atoms with van der Waals surface area (Å²) in [6.45, 7) is 3.36. The van der Waals surface area contributed by atoms with Crippen molar-refractivity contribution in [1.29, 1.82) is 0 Å². The third-order valence-corrected chi connectivity index (χ3v) is 2.71. The summed E-state index contributed by atoms with van der Waals surface area (Å²) in [5.41, 5.74) is 2.07. The van der Waals surface area contributed by atoms with E-state index < -0.39 is 0 Å². The predicted octanol–water partition coefficient (Wildman–Crippen LogP) is 2.29. The molecule has 0 radical (unpaired) electrons. The molecule has 0 unspecified atom stereocenters. The van der Waals surface area contributed by atoms with E-state index in [1.807, 2.05) is 13.0 Å². The fourth-order valence-corrected chi connectivity index (χ4v) is 1.70. The highest BCUT2D eigenvalue weighted by atomic mass is 19.1. The molecule has 0 aliphatic carbocycles. The quantitative estimate of drug-likeness (QED) is 0.869. The van der Waals surface area contributed by atoms with Gasteiger partial charge in [-0.1, -0.05) is 13.0 Å². The lowest BCUT2D eigenvalue weighted by Crippen LogP contribution is -2.20. The molecular formula is C14H15FN2O. The number of nitrogens with one attached hydrogen (secondary N) is 2. The van der Waals surface area contributed by atoms with E-state index in [1.54, 1.807) is 18.2 Å². The van der Waals surface area contributed by atoms with Gasteiger partial charge in [0.15, 0.2) is 0 Å². The first kappa shape index (κ1) is 12.5. The van der Waals surface area contributed by atoms with Crippen LogP contribution in [0.1, 0.15) is 12.5 Å². The highest BCUT2D eigenvalue weighted by Gasteiger charge is 2.03. The molecule has 0 saturated heterocycles. The van der Waals surface area contributed by atoms with E-state index in [0.29, 0.717) is 17.8 Å². The Morgan fingerprint density at radius 3 is 2.50 bits per heavy atom. The minimum absolute atomic E-state index is 0.113. The maximum absolute atomic E-state index is 12.8. The molecule has 0 amide bonds. The van der Waals surface area contributed by atoms with Crippen LogP contribution in [-0.2, 0) is 6.54 Å². The Hall–Kier alpha value is -1.94. The first-order chi connectivity index (χ1) is 8.70. The number of aromatic amines is 1. The number of halogens is 1. The molecular weight excluding hydrogens is 231 g/mol. The summed E-state index contributed by atoms with van der Waals surface area (Å²) >= 11 is 0. The van der Waals surface area contributed by atoms with Gasteiger partial charge in [0.2, 0.25) is 0 Å². The average Bonchev–Trinajstić information content (AvgIpc) is 2.38. The molecule has 2 aromatic rings. The molecule has 0 aliphatic heterocycles. The second-order valence-corrected chi connectivity index (χ2v) is 4.01. The summed E-state index contributed by atoms with van der Waals surface area (Å²) in [6.07, 6.45) is 0. The highest BCUT2D eigenvalue weighted by Crippen LogP contribution is 2.15. The molecule has 0 saturated carbocycles. The minimum atomic E-state index is -0.287. The van der Waals surface area contributed by atoms with Gasteiger partial charge in [-0.15, -0.1) is 0 Å². The lowest BCUT2D eigenvalue weighted by molar-refractivity contribution is 0.628. The lowest BCUT2D eigenvalue weighted by atomic mass is 10.1. The second-order valence-electron chi connectivity index (χ2n) is 4.01. The van der Waals surface area contributed by atoms with Gasteiger partial charge in [-0.05, 0) is 42.4 Å². The Kier molecular flexibility index (Phi) is 3.89. The second kappa shape index (κ2) is 5.60. The standard InChI is InChI=1S/C14H15FN2O/c1-2-16-9-11-5-8-13(17-14(11)18)10-3-6-12(15)7-4-10/h3-8,16H,2,9H2,1H3,(H,17,18). The van der Waals surface area contributed by atoms with Crippen LogP contribution in [0.15, 0.2) is 41.2 Å². The number of H-pyrrole nitrogens is 1. The number of hydrogen-bond donors (Lipinski definition) is 2. The molecule has 3 nitrogen and oxygen atoms in total. The number of benzene rings is 1. The van der Waals surface area contributed by atoms with Crippen LogP contribution >= 0.6 is 0 Å². The van der Waals surface area contributed by atoms with Crippen molar-refractivity contribution < 1.29 is 4.39 Å². The molecule has 0 spiro atoms. The molecule has 2 N–H and O–H groups in total. The van der Waals surface area contributed by atoms with Crippen LogP contribution in [-0.4, -0.2) is 11.5 Å². The zero-order chi connectivity index (χ0) is 13.0. The molecule has 0 bridgehead atoms. The van der Waals surface area contributed by atoms with Crippen LogP contribution in [0.2, 0.25) is 0 Å². The predicted molar refractivity (Wildman–Crippen MR) is 69.8 cm³/mol.